The fourth-order valence-electron chi connectivity index (χ4n) is 2.41. The third kappa shape index (κ3) is 7.90. The number of hydrogen-bond acceptors (Lipinski definition) is 11. The molecule has 160 valence electrons. The van der Waals surface area contributed by atoms with Crippen LogP contribution in [0.3, 0.4) is 0 Å². The topological polar surface area (TPSA) is 181 Å². The summed E-state index contributed by atoms with van der Waals surface area (Å²) in [7, 11) is -5.16. The highest BCUT2D eigenvalue weighted by atomic mass is 31.2. The highest BCUT2D eigenvalue weighted by molar-refractivity contribution is 7.46. The monoisotopic (exact) mass is 428 g/mol. The lowest BCUT2D eigenvalue weighted by Gasteiger charge is -2.43. The number of carbonyl (C=O) groups excluding carboxylic acids is 4. The Labute approximate surface area is 159 Å². The maximum atomic E-state index is 11.5. The van der Waals surface area contributed by atoms with Gasteiger partial charge in [0.1, 0.15) is 12.7 Å². The van der Waals surface area contributed by atoms with E-state index in [9.17, 15) is 23.7 Å². The average molecular weight is 428 g/mol. The number of rotatable bonds is 7. The van der Waals surface area contributed by atoms with Gasteiger partial charge in [-0.15, -0.1) is 0 Å². The lowest BCUT2D eigenvalue weighted by Crippen LogP contribution is -2.62. The summed E-state index contributed by atoms with van der Waals surface area (Å²) >= 11 is 0. The Morgan fingerprint density at radius 3 is 1.71 bits per heavy atom. The molecule has 0 aromatic heterocycles. The first kappa shape index (κ1) is 24.0. The molecule has 1 aliphatic rings. The molecule has 28 heavy (non-hydrogen) atoms. The van der Waals surface area contributed by atoms with E-state index in [1.165, 1.54) is 0 Å². The van der Waals surface area contributed by atoms with Gasteiger partial charge in [-0.2, -0.15) is 0 Å². The molecule has 1 saturated heterocycles. The van der Waals surface area contributed by atoms with Crippen LogP contribution in [-0.2, 0) is 52.0 Å². The minimum absolute atomic E-state index is 0.543. The first-order valence-corrected chi connectivity index (χ1v) is 9.37. The highest BCUT2D eigenvalue weighted by Gasteiger charge is 2.54. The second-order valence-electron chi connectivity index (χ2n) is 5.66. The summed E-state index contributed by atoms with van der Waals surface area (Å²) < 4.78 is 40.9. The van der Waals surface area contributed by atoms with Crippen molar-refractivity contribution in [1.82, 2.24) is 0 Å². The number of hydrogen-bond donors (Lipinski definition) is 2. The number of esters is 4. The summed E-state index contributed by atoms with van der Waals surface area (Å²) in [4.78, 5) is 63.7. The molecular weight excluding hydrogens is 407 g/mol. The molecule has 1 aliphatic heterocycles. The van der Waals surface area contributed by atoms with E-state index < -0.39 is 69.0 Å². The summed E-state index contributed by atoms with van der Waals surface area (Å²) in [6, 6.07) is 0. The zero-order valence-corrected chi connectivity index (χ0v) is 16.3. The van der Waals surface area contributed by atoms with Gasteiger partial charge in [-0.25, -0.2) is 4.57 Å². The molecule has 0 saturated carbocycles. The maximum Gasteiger partial charge on any atom is 0.472 e. The van der Waals surface area contributed by atoms with Gasteiger partial charge in [0.05, 0.1) is 0 Å². The second-order valence-corrected chi connectivity index (χ2v) is 6.86. The van der Waals surface area contributed by atoms with Crippen molar-refractivity contribution in [3.8, 4) is 0 Å². The van der Waals surface area contributed by atoms with Crippen LogP contribution in [0.25, 0.3) is 0 Å². The Balaban J connectivity index is 3.34. The standard InChI is InChI=1S/C14H21O13P/c1-6(15)22-5-10-11(23-7(2)16)12(24-8(3)17)13(25-9(4)18)14(26-10)27-28(19,20)21/h10-14H,5H2,1-4H3,(H2,19,20,21)/t10-,11-,12+,13+,14?/m1/s1. The van der Waals surface area contributed by atoms with Crippen molar-refractivity contribution in [2.75, 3.05) is 6.61 Å². The third-order valence-corrected chi connectivity index (χ3v) is 3.67. The van der Waals surface area contributed by atoms with Crippen LogP contribution >= 0.6 is 7.82 Å². The Hall–Kier alpha value is -2.05. The molecule has 1 unspecified atom stereocenters. The van der Waals surface area contributed by atoms with Crippen LogP contribution in [0.5, 0.6) is 0 Å². The van der Waals surface area contributed by atoms with E-state index in [0.717, 1.165) is 27.7 Å². The van der Waals surface area contributed by atoms with E-state index in [2.05, 4.69) is 4.52 Å². The van der Waals surface area contributed by atoms with Gasteiger partial charge >= 0.3 is 31.7 Å². The van der Waals surface area contributed by atoms with Gasteiger partial charge in [-0.3, -0.25) is 23.7 Å². The van der Waals surface area contributed by atoms with E-state index in [4.69, 9.17) is 33.5 Å². The molecule has 2 N–H and O–H groups in total. The van der Waals surface area contributed by atoms with Crippen LogP contribution in [0, 0.1) is 0 Å². The number of ether oxygens (including phenoxy) is 5. The van der Waals surface area contributed by atoms with E-state index in [0.29, 0.717) is 0 Å². The van der Waals surface area contributed by atoms with Gasteiger partial charge in [-0.1, -0.05) is 0 Å². The largest absolute Gasteiger partial charge is 0.472 e. The van der Waals surface area contributed by atoms with E-state index >= 15 is 0 Å². The SMILES string of the molecule is CC(=O)OC[C@H]1OC(OP(=O)(O)O)[C@@H](OC(C)=O)[C@@H](OC(C)=O)[C@@H]1OC(C)=O. The first-order valence-electron chi connectivity index (χ1n) is 7.84. The molecule has 0 radical (unpaired) electrons. The number of phosphoric acid groups is 1. The van der Waals surface area contributed by atoms with Crippen LogP contribution in [-0.4, -0.2) is 71.0 Å². The minimum atomic E-state index is -5.16. The molecule has 1 heterocycles. The fraction of sp³-hybridized carbons (Fsp3) is 0.714. The van der Waals surface area contributed by atoms with Crippen molar-refractivity contribution in [2.24, 2.45) is 0 Å². The predicted octanol–water partition coefficient (Wildman–Crippen LogP) is -0.821. The number of carbonyl (C=O) groups is 4. The van der Waals surface area contributed by atoms with Crippen molar-refractivity contribution in [2.45, 2.75) is 58.4 Å². The molecular formula is C14H21O13P. The van der Waals surface area contributed by atoms with Crippen LogP contribution in [0.2, 0.25) is 0 Å². The summed E-state index contributed by atoms with van der Waals surface area (Å²) in [6.45, 7) is 3.56. The van der Waals surface area contributed by atoms with Gasteiger partial charge in [0, 0.05) is 27.7 Å². The van der Waals surface area contributed by atoms with Crippen LogP contribution in [0.1, 0.15) is 27.7 Å². The van der Waals surface area contributed by atoms with Crippen molar-refractivity contribution in [1.29, 1.82) is 0 Å². The normalized spacial score (nSPS) is 27.4. The summed E-state index contributed by atoms with van der Waals surface area (Å²) in [6.07, 6.45) is -8.01. The fourth-order valence-corrected chi connectivity index (χ4v) is 2.85. The predicted molar refractivity (Wildman–Crippen MR) is 85.1 cm³/mol. The van der Waals surface area contributed by atoms with Crippen molar-refractivity contribution >= 4 is 31.7 Å². The Morgan fingerprint density at radius 1 is 0.821 bits per heavy atom. The quantitative estimate of drug-likeness (QED) is 0.292. The molecule has 0 aromatic rings. The summed E-state index contributed by atoms with van der Waals surface area (Å²) in [5, 5.41) is 0. The molecule has 0 aromatic carbocycles. The summed E-state index contributed by atoms with van der Waals surface area (Å²) in [5.74, 6) is -3.38. The molecule has 0 amide bonds. The molecule has 1 rings (SSSR count). The van der Waals surface area contributed by atoms with Crippen molar-refractivity contribution in [3.05, 3.63) is 0 Å². The first-order chi connectivity index (χ1) is 12.8. The molecule has 13 nitrogen and oxygen atoms in total. The van der Waals surface area contributed by atoms with Gasteiger partial charge in [0.2, 0.25) is 6.29 Å². The minimum Gasteiger partial charge on any atom is -0.463 e. The van der Waals surface area contributed by atoms with Crippen molar-refractivity contribution < 1.29 is 61.7 Å². The van der Waals surface area contributed by atoms with Crippen LogP contribution in [0.4, 0.5) is 0 Å². The van der Waals surface area contributed by atoms with Crippen LogP contribution < -0.4 is 0 Å². The van der Waals surface area contributed by atoms with Crippen LogP contribution in [0.15, 0.2) is 0 Å². The lowest BCUT2D eigenvalue weighted by atomic mass is 9.98. The Kier molecular flexibility index (Phi) is 8.51. The maximum absolute atomic E-state index is 11.5. The smallest absolute Gasteiger partial charge is 0.463 e. The molecule has 5 atom stereocenters. The molecule has 0 aliphatic carbocycles. The van der Waals surface area contributed by atoms with Gasteiger partial charge in [0.15, 0.2) is 18.3 Å². The van der Waals surface area contributed by atoms with E-state index in [1.54, 1.807) is 0 Å². The summed E-state index contributed by atoms with van der Waals surface area (Å²) in [5.41, 5.74) is 0. The molecule has 0 bridgehead atoms. The van der Waals surface area contributed by atoms with Crippen molar-refractivity contribution in [3.63, 3.8) is 0 Å². The van der Waals surface area contributed by atoms with E-state index in [1.807, 2.05) is 0 Å². The third-order valence-electron chi connectivity index (χ3n) is 3.19. The Bertz CT molecular complexity index is 656. The molecule has 1 fully saturated rings. The van der Waals surface area contributed by atoms with Gasteiger partial charge in [0.25, 0.3) is 0 Å². The lowest BCUT2D eigenvalue weighted by molar-refractivity contribution is -0.291. The Morgan fingerprint density at radius 2 is 1.29 bits per heavy atom. The second kappa shape index (κ2) is 9.94. The molecule has 14 heteroatoms. The average Bonchev–Trinajstić information content (AvgIpc) is 2.48. The van der Waals surface area contributed by atoms with Gasteiger partial charge in [-0.05, 0) is 0 Å². The molecule has 0 spiro atoms. The zero-order chi connectivity index (χ0) is 21.6. The van der Waals surface area contributed by atoms with Gasteiger partial charge < -0.3 is 33.5 Å². The number of phosphoric ester groups is 1. The highest BCUT2D eigenvalue weighted by Crippen LogP contribution is 2.42. The van der Waals surface area contributed by atoms with E-state index in [-0.39, 0.29) is 0 Å². The zero-order valence-electron chi connectivity index (χ0n) is 15.4.